The molecule has 19 heavy (non-hydrogen) atoms. The van der Waals surface area contributed by atoms with Crippen LogP contribution in [-0.4, -0.2) is 52.3 Å². The smallest absolute Gasteiger partial charge is 0.323 e. The van der Waals surface area contributed by atoms with Crippen molar-refractivity contribution in [3.8, 4) is 0 Å². The minimum absolute atomic E-state index is 0.264. The lowest BCUT2D eigenvalue weighted by atomic mass is 10.2. The van der Waals surface area contributed by atoms with E-state index in [9.17, 15) is 14.4 Å². The highest BCUT2D eigenvalue weighted by Crippen LogP contribution is 2.15. The van der Waals surface area contributed by atoms with E-state index in [1.807, 2.05) is 6.26 Å². The average Bonchev–Trinajstić information content (AvgIpc) is 2.36. The molecule has 2 N–H and O–H groups in total. The molecule has 1 amide bonds. The van der Waals surface area contributed by atoms with Crippen LogP contribution in [-0.2, 0) is 9.59 Å². The summed E-state index contributed by atoms with van der Waals surface area (Å²) >= 11 is 1.51. The number of thioether (sulfide) groups is 1. The predicted octanol–water partition coefficient (Wildman–Crippen LogP) is 1.02. The van der Waals surface area contributed by atoms with E-state index in [1.54, 1.807) is 24.3 Å². The zero-order chi connectivity index (χ0) is 14.4. The van der Waals surface area contributed by atoms with E-state index in [-0.39, 0.29) is 5.56 Å². The van der Waals surface area contributed by atoms with Crippen LogP contribution in [0.4, 0.5) is 0 Å². The number of aliphatic carboxylic acids is 2. The van der Waals surface area contributed by atoms with Gasteiger partial charge in [-0.2, -0.15) is 0 Å². The average molecular weight is 283 g/mol. The van der Waals surface area contributed by atoms with E-state index in [4.69, 9.17) is 10.2 Å². The second-order valence-corrected chi connectivity index (χ2v) is 4.56. The van der Waals surface area contributed by atoms with Gasteiger partial charge in [-0.15, -0.1) is 11.8 Å². The Balaban J connectivity index is 2.90. The number of benzene rings is 1. The maximum atomic E-state index is 12.0. The molecule has 0 aliphatic rings. The fourth-order valence-electron chi connectivity index (χ4n) is 1.44. The molecule has 0 radical (unpaired) electrons. The number of carboxylic acids is 2. The lowest BCUT2D eigenvalue weighted by Gasteiger charge is -2.18. The number of carbonyl (C=O) groups excluding carboxylic acids is 1. The van der Waals surface area contributed by atoms with Crippen LogP contribution in [0.25, 0.3) is 0 Å². The van der Waals surface area contributed by atoms with Crippen molar-refractivity contribution in [2.75, 3.05) is 19.3 Å². The highest BCUT2D eigenvalue weighted by molar-refractivity contribution is 7.98. The van der Waals surface area contributed by atoms with Crippen LogP contribution in [0, 0.1) is 0 Å². The van der Waals surface area contributed by atoms with Gasteiger partial charge in [0.1, 0.15) is 13.1 Å². The molecule has 0 aliphatic heterocycles. The zero-order valence-electron chi connectivity index (χ0n) is 10.2. The normalized spacial score (nSPS) is 9.95. The Labute approximate surface area is 114 Å². The summed E-state index contributed by atoms with van der Waals surface area (Å²) in [6, 6.07) is 6.53. The van der Waals surface area contributed by atoms with Gasteiger partial charge in [-0.05, 0) is 30.5 Å². The Morgan fingerprint density at radius 1 is 1.05 bits per heavy atom. The van der Waals surface area contributed by atoms with Crippen LogP contribution in [0.3, 0.4) is 0 Å². The number of hydrogen-bond donors (Lipinski definition) is 2. The topological polar surface area (TPSA) is 94.9 Å². The summed E-state index contributed by atoms with van der Waals surface area (Å²) in [6.07, 6.45) is 1.89. The molecule has 6 nitrogen and oxygen atoms in total. The zero-order valence-corrected chi connectivity index (χ0v) is 11.0. The lowest BCUT2D eigenvalue weighted by Crippen LogP contribution is -2.39. The Kier molecular flexibility index (Phi) is 5.37. The van der Waals surface area contributed by atoms with E-state index in [0.717, 1.165) is 9.80 Å². The van der Waals surface area contributed by atoms with Gasteiger partial charge < -0.3 is 15.1 Å². The minimum Gasteiger partial charge on any atom is -0.480 e. The number of carbonyl (C=O) groups is 3. The third-order valence-corrected chi connectivity index (χ3v) is 3.02. The molecule has 0 aliphatic carbocycles. The van der Waals surface area contributed by atoms with E-state index < -0.39 is 30.9 Å². The number of amides is 1. The third kappa shape index (κ3) is 4.63. The maximum absolute atomic E-state index is 12.0. The van der Waals surface area contributed by atoms with Crippen molar-refractivity contribution in [2.45, 2.75) is 4.90 Å². The molecule has 0 fully saturated rings. The van der Waals surface area contributed by atoms with E-state index in [1.165, 1.54) is 11.8 Å². The first kappa shape index (κ1) is 15.0. The molecule has 7 heteroatoms. The van der Waals surface area contributed by atoms with Gasteiger partial charge in [-0.25, -0.2) is 0 Å². The summed E-state index contributed by atoms with van der Waals surface area (Å²) in [7, 11) is 0. The molecular weight excluding hydrogens is 270 g/mol. The second kappa shape index (κ2) is 6.79. The minimum atomic E-state index is -1.25. The molecule has 0 saturated heterocycles. The quantitative estimate of drug-likeness (QED) is 0.757. The number of rotatable bonds is 6. The molecule has 0 spiro atoms. The second-order valence-electron chi connectivity index (χ2n) is 3.68. The van der Waals surface area contributed by atoms with E-state index in [0.29, 0.717) is 0 Å². The molecule has 102 valence electrons. The molecule has 0 aromatic heterocycles. The first-order chi connectivity index (χ1) is 8.93. The Morgan fingerprint density at radius 3 is 1.89 bits per heavy atom. The predicted molar refractivity (Wildman–Crippen MR) is 69.4 cm³/mol. The van der Waals surface area contributed by atoms with Crippen LogP contribution in [0.15, 0.2) is 29.2 Å². The molecule has 0 unspecified atom stereocenters. The van der Waals surface area contributed by atoms with Crippen molar-refractivity contribution in [3.05, 3.63) is 29.8 Å². The van der Waals surface area contributed by atoms with Crippen LogP contribution < -0.4 is 0 Å². The fourth-order valence-corrected chi connectivity index (χ4v) is 1.85. The third-order valence-electron chi connectivity index (χ3n) is 2.28. The monoisotopic (exact) mass is 283 g/mol. The van der Waals surface area contributed by atoms with Crippen molar-refractivity contribution < 1.29 is 24.6 Å². The SMILES string of the molecule is CSc1ccc(C(=O)N(CC(=O)O)CC(=O)O)cc1. The highest BCUT2D eigenvalue weighted by atomic mass is 32.2. The Morgan fingerprint density at radius 2 is 1.53 bits per heavy atom. The summed E-state index contributed by atoms with van der Waals surface area (Å²) in [6.45, 7) is -1.29. The van der Waals surface area contributed by atoms with Crippen molar-refractivity contribution in [1.82, 2.24) is 4.90 Å². The Bertz CT molecular complexity index is 469. The molecule has 0 heterocycles. The summed E-state index contributed by atoms with van der Waals surface area (Å²) in [5, 5.41) is 17.4. The molecule has 0 saturated carbocycles. The standard InChI is InChI=1S/C12H13NO5S/c1-19-9-4-2-8(3-5-9)12(18)13(6-10(14)15)7-11(16)17/h2-5H,6-7H2,1H3,(H,14,15)(H,16,17). The number of carboxylic acid groups (broad SMARTS) is 2. The summed E-state index contributed by atoms with van der Waals surface area (Å²) in [5.41, 5.74) is 0.264. The maximum Gasteiger partial charge on any atom is 0.323 e. The van der Waals surface area contributed by atoms with E-state index >= 15 is 0 Å². The highest BCUT2D eigenvalue weighted by Gasteiger charge is 2.20. The number of hydrogen-bond acceptors (Lipinski definition) is 4. The van der Waals surface area contributed by atoms with Gasteiger partial charge in [0.15, 0.2) is 0 Å². The van der Waals surface area contributed by atoms with Gasteiger partial charge in [-0.1, -0.05) is 0 Å². The van der Waals surface area contributed by atoms with Gasteiger partial charge >= 0.3 is 11.9 Å². The summed E-state index contributed by atoms with van der Waals surface area (Å²) < 4.78 is 0. The van der Waals surface area contributed by atoms with E-state index in [2.05, 4.69) is 0 Å². The Hall–Kier alpha value is -2.02. The van der Waals surface area contributed by atoms with Crippen LogP contribution in [0.2, 0.25) is 0 Å². The van der Waals surface area contributed by atoms with Crippen molar-refractivity contribution in [3.63, 3.8) is 0 Å². The molecule has 1 aromatic carbocycles. The molecule has 0 bridgehead atoms. The molecule has 0 atom stereocenters. The van der Waals surface area contributed by atoms with Gasteiger partial charge in [0.2, 0.25) is 0 Å². The van der Waals surface area contributed by atoms with Gasteiger partial charge in [0.05, 0.1) is 0 Å². The van der Waals surface area contributed by atoms with Crippen molar-refractivity contribution >= 4 is 29.6 Å². The van der Waals surface area contributed by atoms with Gasteiger partial charge in [-0.3, -0.25) is 14.4 Å². The fraction of sp³-hybridized carbons (Fsp3) is 0.250. The molecule has 1 aromatic rings. The van der Waals surface area contributed by atoms with Gasteiger partial charge in [0, 0.05) is 10.5 Å². The van der Waals surface area contributed by atoms with Crippen LogP contribution in [0.1, 0.15) is 10.4 Å². The van der Waals surface area contributed by atoms with Crippen molar-refractivity contribution in [2.24, 2.45) is 0 Å². The first-order valence-corrected chi connectivity index (χ1v) is 6.53. The lowest BCUT2D eigenvalue weighted by molar-refractivity contribution is -0.140. The van der Waals surface area contributed by atoms with Crippen LogP contribution in [0.5, 0.6) is 0 Å². The largest absolute Gasteiger partial charge is 0.480 e. The number of nitrogens with zero attached hydrogens (tertiary/aromatic N) is 1. The molecule has 1 rings (SSSR count). The summed E-state index contributed by atoms with van der Waals surface area (Å²) in [5.74, 6) is -3.12. The first-order valence-electron chi connectivity index (χ1n) is 5.31. The van der Waals surface area contributed by atoms with Crippen LogP contribution >= 0.6 is 11.8 Å². The summed E-state index contributed by atoms with van der Waals surface area (Å²) in [4.78, 5) is 35.0. The van der Waals surface area contributed by atoms with Crippen molar-refractivity contribution in [1.29, 1.82) is 0 Å². The van der Waals surface area contributed by atoms with Gasteiger partial charge in [0.25, 0.3) is 5.91 Å². The molecular formula is C12H13NO5S.